The quantitative estimate of drug-likeness (QED) is 0.462. The topological polar surface area (TPSA) is 66.4 Å². The van der Waals surface area contributed by atoms with Gasteiger partial charge in [-0.3, -0.25) is 4.79 Å². The molecule has 0 unspecified atom stereocenters. The number of carbonyl (C=O) groups excluding carboxylic acids is 1. The third-order valence-corrected chi connectivity index (χ3v) is 7.21. The van der Waals surface area contributed by atoms with Gasteiger partial charge in [-0.25, -0.2) is 4.79 Å². The number of nitrogens with one attached hydrogen (secondary N) is 1. The van der Waals surface area contributed by atoms with Gasteiger partial charge < -0.3 is 10.4 Å². The first kappa shape index (κ1) is 25.3. The Balaban J connectivity index is 1.67. The Morgan fingerprint density at radius 3 is 2.33 bits per heavy atom. The van der Waals surface area contributed by atoms with Crippen LogP contribution < -0.4 is 5.32 Å². The number of hydrogen-bond donors (Lipinski definition) is 2. The molecule has 2 N–H and O–H groups in total. The largest absolute Gasteiger partial charge is 0.480 e. The summed E-state index contributed by atoms with van der Waals surface area (Å²) in [6, 6.07) is 7.22. The van der Waals surface area contributed by atoms with E-state index >= 15 is 0 Å². The van der Waals surface area contributed by atoms with E-state index in [1.807, 2.05) is 12.1 Å². The molecule has 1 aromatic carbocycles. The second kappa shape index (κ2) is 11.2. The van der Waals surface area contributed by atoms with E-state index in [1.165, 1.54) is 18.4 Å². The number of rotatable bonds is 8. The van der Waals surface area contributed by atoms with E-state index in [0.29, 0.717) is 6.42 Å². The van der Waals surface area contributed by atoms with Gasteiger partial charge in [0.1, 0.15) is 6.04 Å². The van der Waals surface area contributed by atoms with Crippen LogP contribution in [0.25, 0.3) is 5.57 Å². The van der Waals surface area contributed by atoms with Gasteiger partial charge >= 0.3 is 5.97 Å². The zero-order valence-electron chi connectivity index (χ0n) is 20.7. The fourth-order valence-corrected chi connectivity index (χ4v) is 4.99. The van der Waals surface area contributed by atoms with Crippen molar-refractivity contribution in [2.45, 2.75) is 97.4 Å². The fourth-order valence-electron chi connectivity index (χ4n) is 4.99. The van der Waals surface area contributed by atoms with Crippen LogP contribution >= 0.6 is 0 Å². The summed E-state index contributed by atoms with van der Waals surface area (Å²) >= 11 is 0. The van der Waals surface area contributed by atoms with Gasteiger partial charge in [-0.15, -0.1) is 0 Å². The van der Waals surface area contributed by atoms with Crippen LogP contribution in [0.15, 0.2) is 42.5 Å². The molecule has 0 aliphatic heterocycles. The molecule has 0 spiro atoms. The van der Waals surface area contributed by atoms with E-state index in [-0.39, 0.29) is 11.3 Å². The molecule has 0 aromatic heterocycles. The lowest BCUT2D eigenvalue weighted by molar-refractivity contribution is -0.144. The molecule has 3 rings (SSSR count). The van der Waals surface area contributed by atoms with Crippen molar-refractivity contribution < 1.29 is 14.7 Å². The van der Waals surface area contributed by atoms with Crippen molar-refractivity contribution in [2.75, 3.05) is 0 Å². The van der Waals surface area contributed by atoms with E-state index in [9.17, 15) is 14.7 Å². The zero-order chi connectivity index (χ0) is 23.9. The Hall–Kier alpha value is -2.36. The highest BCUT2D eigenvalue weighted by atomic mass is 16.4. The Morgan fingerprint density at radius 2 is 1.70 bits per heavy atom. The van der Waals surface area contributed by atoms with Crippen molar-refractivity contribution in [2.24, 2.45) is 10.8 Å². The fraction of sp³-hybridized carbons (Fsp3) is 0.586. The van der Waals surface area contributed by atoms with E-state index in [1.54, 1.807) is 0 Å². The first-order chi connectivity index (χ1) is 15.7. The zero-order valence-corrected chi connectivity index (χ0v) is 20.7. The predicted molar refractivity (Wildman–Crippen MR) is 135 cm³/mol. The van der Waals surface area contributed by atoms with Crippen LogP contribution in [0, 0.1) is 10.8 Å². The van der Waals surface area contributed by atoms with Crippen LogP contribution in [-0.2, 0) is 16.0 Å². The van der Waals surface area contributed by atoms with Gasteiger partial charge in [0.25, 0.3) is 0 Å². The lowest BCUT2D eigenvalue weighted by Crippen LogP contribution is -2.49. The summed E-state index contributed by atoms with van der Waals surface area (Å²) < 4.78 is 0. The van der Waals surface area contributed by atoms with Crippen LogP contribution in [-0.4, -0.2) is 23.0 Å². The second-order valence-electron chi connectivity index (χ2n) is 11.2. The minimum atomic E-state index is -0.970. The maximum atomic E-state index is 13.3. The Kier molecular flexibility index (Phi) is 8.56. The maximum Gasteiger partial charge on any atom is 0.326 e. The smallest absolute Gasteiger partial charge is 0.326 e. The molecule has 1 atom stereocenters. The standard InChI is InChI=1S/C29H41NO3/c1-28(2,3)19-20-29(17-9-10-18-29)27(33)30-25(26(31)32)21-22-13-15-24(16-14-22)23-11-7-5-4-6-8-12-23/h7,11-16,25H,4-6,8-10,17-21H2,1-3H3,(H,30,33)(H,31,32)/t25-/m0/s1. The summed E-state index contributed by atoms with van der Waals surface area (Å²) in [4.78, 5) is 25.3. The summed E-state index contributed by atoms with van der Waals surface area (Å²) in [7, 11) is 0. The SMILES string of the molecule is CC(C)(C)CCC1(C(=O)N[C@@H](Cc2ccc(C3=CCCCCC=C3)cc2)C(=O)O)CCCC1. The molecule has 4 nitrogen and oxygen atoms in total. The van der Waals surface area contributed by atoms with Crippen LogP contribution in [0.4, 0.5) is 0 Å². The van der Waals surface area contributed by atoms with Gasteiger partial charge in [-0.1, -0.05) is 76.1 Å². The van der Waals surface area contributed by atoms with E-state index in [4.69, 9.17) is 0 Å². The minimum Gasteiger partial charge on any atom is -0.480 e. The van der Waals surface area contributed by atoms with Crippen molar-refractivity contribution in [3.8, 4) is 0 Å². The second-order valence-corrected chi connectivity index (χ2v) is 11.2. The number of amides is 1. The average Bonchev–Trinajstić information content (AvgIpc) is 3.22. The van der Waals surface area contributed by atoms with Gasteiger partial charge in [-0.2, -0.15) is 0 Å². The lowest BCUT2D eigenvalue weighted by atomic mass is 9.75. The van der Waals surface area contributed by atoms with Crippen molar-refractivity contribution >= 4 is 17.4 Å². The third kappa shape index (κ3) is 7.31. The molecule has 0 bridgehead atoms. The summed E-state index contributed by atoms with van der Waals surface area (Å²) in [5.41, 5.74) is 3.05. The van der Waals surface area contributed by atoms with Gasteiger partial charge in [-0.05, 0) is 73.5 Å². The molecule has 1 amide bonds. The Bertz CT molecular complexity index is 867. The lowest BCUT2D eigenvalue weighted by Gasteiger charge is -2.32. The van der Waals surface area contributed by atoms with E-state index in [2.05, 4.69) is 56.4 Å². The molecular formula is C29H41NO3. The van der Waals surface area contributed by atoms with E-state index in [0.717, 1.165) is 62.5 Å². The molecule has 2 aliphatic rings. The minimum absolute atomic E-state index is 0.0712. The van der Waals surface area contributed by atoms with Crippen molar-refractivity contribution in [3.63, 3.8) is 0 Å². The molecule has 0 saturated heterocycles. The number of carboxylic acids is 1. The summed E-state index contributed by atoms with van der Waals surface area (Å²) in [5.74, 6) is -1.04. The number of benzene rings is 1. The van der Waals surface area contributed by atoms with Gasteiger partial charge in [0.2, 0.25) is 5.91 Å². The molecule has 1 saturated carbocycles. The Labute approximate surface area is 199 Å². The molecular weight excluding hydrogens is 410 g/mol. The van der Waals surface area contributed by atoms with E-state index < -0.39 is 17.4 Å². The van der Waals surface area contributed by atoms with Crippen molar-refractivity contribution in [1.29, 1.82) is 0 Å². The van der Waals surface area contributed by atoms with Crippen LogP contribution in [0.3, 0.4) is 0 Å². The molecule has 33 heavy (non-hydrogen) atoms. The number of allylic oxidation sites excluding steroid dienone is 4. The van der Waals surface area contributed by atoms with Crippen molar-refractivity contribution in [1.82, 2.24) is 5.32 Å². The van der Waals surface area contributed by atoms with Crippen LogP contribution in [0.5, 0.6) is 0 Å². The van der Waals surface area contributed by atoms with Gasteiger partial charge in [0, 0.05) is 11.8 Å². The normalized spacial score (nSPS) is 19.3. The van der Waals surface area contributed by atoms with Gasteiger partial charge in [0.15, 0.2) is 0 Å². The number of hydrogen-bond acceptors (Lipinski definition) is 2. The van der Waals surface area contributed by atoms with Gasteiger partial charge in [0.05, 0.1) is 0 Å². The monoisotopic (exact) mass is 451 g/mol. The highest BCUT2D eigenvalue weighted by Crippen LogP contribution is 2.44. The highest BCUT2D eigenvalue weighted by Gasteiger charge is 2.42. The molecule has 4 heteroatoms. The van der Waals surface area contributed by atoms with Crippen molar-refractivity contribution in [3.05, 3.63) is 53.6 Å². The molecule has 0 radical (unpaired) electrons. The number of carboxylic acid groups (broad SMARTS) is 1. The molecule has 2 aliphatic carbocycles. The van der Waals surface area contributed by atoms with Crippen LogP contribution in [0.1, 0.15) is 96.1 Å². The molecule has 180 valence electrons. The molecule has 0 heterocycles. The third-order valence-electron chi connectivity index (χ3n) is 7.21. The Morgan fingerprint density at radius 1 is 1.03 bits per heavy atom. The number of carbonyl (C=O) groups is 2. The first-order valence-electron chi connectivity index (χ1n) is 12.7. The molecule has 1 fully saturated rings. The van der Waals surface area contributed by atoms with Crippen LogP contribution in [0.2, 0.25) is 0 Å². The first-order valence-corrected chi connectivity index (χ1v) is 12.7. The molecule has 1 aromatic rings. The number of aliphatic carboxylic acids is 1. The predicted octanol–water partition coefficient (Wildman–Crippen LogP) is 6.70. The summed E-state index contributed by atoms with van der Waals surface area (Å²) in [6.45, 7) is 6.58. The maximum absolute atomic E-state index is 13.3. The average molecular weight is 452 g/mol. The highest BCUT2D eigenvalue weighted by molar-refractivity contribution is 5.88. The summed E-state index contributed by atoms with van der Waals surface area (Å²) in [5, 5.41) is 12.8. The summed E-state index contributed by atoms with van der Waals surface area (Å²) in [6.07, 6.45) is 17.2.